The van der Waals surface area contributed by atoms with E-state index in [1.54, 1.807) is 6.20 Å². The lowest BCUT2D eigenvalue weighted by Gasteiger charge is -2.22. The first-order valence-electron chi connectivity index (χ1n) is 6.75. The van der Waals surface area contributed by atoms with Crippen LogP contribution in [0.1, 0.15) is 38.2 Å². The van der Waals surface area contributed by atoms with Gasteiger partial charge in [-0.2, -0.15) is 0 Å². The smallest absolute Gasteiger partial charge is 0.171 e. The van der Waals surface area contributed by atoms with E-state index in [0.29, 0.717) is 11.4 Å². The molecule has 18 heavy (non-hydrogen) atoms. The fourth-order valence-corrected chi connectivity index (χ4v) is 2.60. The number of aliphatic hydroxyl groups is 1. The highest BCUT2D eigenvalue weighted by Crippen LogP contribution is 2.26. The third-order valence-corrected chi connectivity index (χ3v) is 3.85. The van der Waals surface area contributed by atoms with Crippen molar-refractivity contribution in [2.45, 2.75) is 39.2 Å². The highest BCUT2D eigenvalue weighted by molar-refractivity contribution is 5.43. The maximum atomic E-state index is 14.1. The van der Waals surface area contributed by atoms with Gasteiger partial charge in [-0.3, -0.25) is 0 Å². The predicted molar refractivity (Wildman–Crippen MR) is 70.0 cm³/mol. The van der Waals surface area contributed by atoms with Crippen molar-refractivity contribution >= 4 is 5.82 Å². The van der Waals surface area contributed by atoms with E-state index in [0.717, 1.165) is 31.8 Å². The molecule has 1 aromatic heterocycles. The van der Waals surface area contributed by atoms with Gasteiger partial charge in [0.15, 0.2) is 11.6 Å². The second-order valence-electron chi connectivity index (χ2n) is 4.96. The third-order valence-electron chi connectivity index (χ3n) is 3.85. The number of nitrogens with zero attached hydrogens (tertiary/aromatic N) is 2. The minimum Gasteiger partial charge on any atom is -0.392 e. The fourth-order valence-electron chi connectivity index (χ4n) is 2.60. The highest BCUT2D eigenvalue weighted by atomic mass is 19.1. The van der Waals surface area contributed by atoms with Gasteiger partial charge in [-0.1, -0.05) is 13.3 Å². The molecule has 0 amide bonds. The Hall–Kier alpha value is -1.16. The molecule has 1 saturated heterocycles. The van der Waals surface area contributed by atoms with Crippen molar-refractivity contribution in [2.75, 3.05) is 18.0 Å². The van der Waals surface area contributed by atoms with Crippen LogP contribution < -0.4 is 4.90 Å². The molecule has 0 bridgehead atoms. The fraction of sp³-hybridized carbons (Fsp3) is 0.643. The van der Waals surface area contributed by atoms with E-state index in [9.17, 15) is 4.39 Å². The van der Waals surface area contributed by atoms with Crippen LogP contribution in [0.2, 0.25) is 0 Å². The number of anilines is 1. The van der Waals surface area contributed by atoms with E-state index < -0.39 is 0 Å². The topological polar surface area (TPSA) is 36.4 Å². The van der Waals surface area contributed by atoms with Crippen LogP contribution in [0.5, 0.6) is 0 Å². The van der Waals surface area contributed by atoms with Gasteiger partial charge >= 0.3 is 0 Å². The number of hydrogen-bond donors (Lipinski definition) is 1. The molecular formula is C14H21FN2O. The summed E-state index contributed by atoms with van der Waals surface area (Å²) in [6.07, 6.45) is 6.17. The van der Waals surface area contributed by atoms with Crippen LogP contribution >= 0.6 is 0 Å². The lowest BCUT2D eigenvalue weighted by molar-refractivity contribution is 0.275. The quantitative estimate of drug-likeness (QED) is 0.898. The van der Waals surface area contributed by atoms with Crippen LogP contribution in [0.25, 0.3) is 0 Å². The molecular weight excluding hydrogens is 231 g/mol. The molecule has 1 aliphatic rings. The monoisotopic (exact) mass is 252 g/mol. The molecule has 1 fully saturated rings. The number of aromatic nitrogens is 1. The molecule has 4 heteroatoms. The van der Waals surface area contributed by atoms with Gasteiger partial charge in [0.2, 0.25) is 0 Å². The number of hydrogen-bond acceptors (Lipinski definition) is 3. The highest BCUT2D eigenvalue weighted by Gasteiger charge is 2.20. The average Bonchev–Trinajstić information content (AvgIpc) is 2.64. The predicted octanol–water partition coefficient (Wildman–Crippen LogP) is 2.73. The molecule has 3 nitrogen and oxygen atoms in total. The number of aliphatic hydroxyl groups excluding tert-OH is 1. The van der Waals surface area contributed by atoms with Crippen LogP contribution in [0, 0.1) is 11.7 Å². The van der Waals surface area contributed by atoms with Gasteiger partial charge in [0, 0.05) is 24.8 Å². The van der Waals surface area contributed by atoms with Gasteiger partial charge in [-0.05, 0) is 31.2 Å². The minimum atomic E-state index is -0.366. The second-order valence-corrected chi connectivity index (χ2v) is 4.96. The summed E-state index contributed by atoms with van der Waals surface area (Å²) in [5, 5.41) is 9.09. The maximum absolute atomic E-state index is 14.1. The van der Waals surface area contributed by atoms with Crippen LogP contribution in [0.15, 0.2) is 12.3 Å². The molecule has 0 radical (unpaired) electrons. The largest absolute Gasteiger partial charge is 0.392 e. The molecule has 1 N–H and O–H groups in total. The Morgan fingerprint density at radius 1 is 1.44 bits per heavy atom. The first kappa shape index (κ1) is 13.3. The van der Waals surface area contributed by atoms with Gasteiger partial charge in [0.25, 0.3) is 0 Å². The van der Waals surface area contributed by atoms with Gasteiger partial charge in [0.05, 0.1) is 6.61 Å². The molecule has 0 spiro atoms. The van der Waals surface area contributed by atoms with E-state index in [1.165, 1.54) is 18.9 Å². The van der Waals surface area contributed by atoms with Crippen LogP contribution in [0.3, 0.4) is 0 Å². The molecule has 0 aromatic carbocycles. The Bertz CT molecular complexity index is 397. The molecule has 100 valence electrons. The number of halogens is 1. The summed E-state index contributed by atoms with van der Waals surface area (Å²) in [6.45, 7) is 3.66. The Morgan fingerprint density at radius 3 is 3.00 bits per heavy atom. The standard InChI is InChI=1S/C14H21FN2O/c1-2-11-4-3-8-17(9-6-11)14-13(15)12(10-18)5-7-16-14/h5,7,11,18H,2-4,6,8-10H2,1H3. The Kier molecular flexibility index (Phi) is 4.53. The van der Waals surface area contributed by atoms with E-state index >= 15 is 0 Å². The Labute approximate surface area is 108 Å². The van der Waals surface area contributed by atoms with E-state index in [4.69, 9.17) is 5.11 Å². The molecule has 1 aliphatic heterocycles. The maximum Gasteiger partial charge on any atom is 0.171 e. The van der Waals surface area contributed by atoms with Crippen LogP contribution in [-0.2, 0) is 6.61 Å². The molecule has 2 rings (SSSR count). The zero-order valence-corrected chi connectivity index (χ0v) is 10.9. The lowest BCUT2D eigenvalue weighted by atomic mass is 9.98. The van der Waals surface area contributed by atoms with E-state index in [2.05, 4.69) is 11.9 Å². The van der Waals surface area contributed by atoms with Crippen molar-refractivity contribution in [3.8, 4) is 0 Å². The van der Waals surface area contributed by atoms with E-state index in [-0.39, 0.29) is 12.4 Å². The van der Waals surface area contributed by atoms with Crippen LogP contribution in [-0.4, -0.2) is 23.2 Å². The summed E-state index contributed by atoms with van der Waals surface area (Å²) in [5.74, 6) is 0.785. The molecule has 1 aromatic rings. The van der Waals surface area contributed by atoms with Crippen molar-refractivity contribution in [1.29, 1.82) is 0 Å². The van der Waals surface area contributed by atoms with Gasteiger partial charge in [0.1, 0.15) is 0 Å². The van der Waals surface area contributed by atoms with Crippen molar-refractivity contribution in [1.82, 2.24) is 4.98 Å². The van der Waals surface area contributed by atoms with Gasteiger partial charge in [-0.15, -0.1) is 0 Å². The second kappa shape index (κ2) is 6.14. The lowest BCUT2D eigenvalue weighted by Crippen LogP contribution is -2.26. The van der Waals surface area contributed by atoms with Crippen molar-refractivity contribution < 1.29 is 9.50 Å². The normalized spacial score (nSPS) is 20.8. The first-order chi connectivity index (χ1) is 8.76. The number of pyridine rings is 1. The van der Waals surface area contributed by atoms with Crippen molar-refractivity contribution in [2.24, 2.45) is 5.92 Å². The van der Waals surface area contributed by atoms with Gasteiger partial charge in [-0.25, -0.2) is 9.37 Å². The summed E-state index contributed by atoms with van der Waals surface area (Å²) in [4.78, 5) is 6.16. The Morgan fingerprint density at radius 2 is 2.28 bits per heavy atom. The summed E-state index contributed by atoms with van der Waals surface area (Å²) in [7, 11) is 0. The average molecular weight is 252 g/mol. The van der Waals surface area contributed by atoms with E-state index in [1.807, 2.05) is 4.90 Å². The van der Waals surface area contributed by atoms with Crippen molar-refractivity contribution in [3.05, 3.63) is 23.6 Å². The molecule has 0 aliphatic carbocycles. The molecule has 0 saturated carbocycles. The third kappa shape index (κ3) is 2.80. The van der Waals surface area contributed by atoms with Crippen LogP contribution in [0.4, 0.5) is 10.2 Å². The zero-order chi connectivity index (χ0) is 13.0. The van der Waals surface area contributed by atoms with Gasteiger partial charge < -0.3 is 10.0 Å². The molecule has 2 heterocycles. The zero-order valence-electron chi connectivity index (χ0n) is 10.9. The summed E-state index contributed by atoms with van der Waals surface area (Å²) < 4.78 is 14.1. The first-order valence-corrected chi connectivity index (χ1v) is 6.75. The summed E-state index contributed by atoms with van der Waals surface area (Å²) >= 11 is 0. The summed E-state index contributed by atoms with van der Waals surface area (Å²) in [6, 6.07) is 1.53. The minimum absolute atomic E-state index is 0.271. The SMILES string of the molecule is CCC1CCCN(c2nccc(CO)c2F)CC1. The number of rotatable bonds is 3. The van der Waals surface area contributed by atoms with Crippen molar-refractivity contribution in [3.63, 3.8) is 0 Å². The summed E-state index contributed by atoms with van der Waals surface area (Å²) in [5.41, 5.74) is 0.330. The Balaban J connectivity index is 2.16. The molecule has 1 unspecified atom stereocenters. The molecule has 1 atom stereocenters.